The van der Waals surface area contributed by atoms with E-state index in [0.717, 1.165) is 91.7 Å². The van der Waals surface area contributed by atoms with E-state index in [1.54, 1.807) is 25.2 Å². The van der Waals surface area contributed by atoms with Crippen molar-refractivity contribution < 1.29 is 33.1 Å². The number of carbonyl (C=O) groups excluding carboxylic acids is 4. The molecule has 1 spiro atoms. The molecule has 4 heterocycles. The summed E-state index contributed by atoms with van der Waals surface area (Å²) in [5, 5.41) is 20.9. The lowest BCUT2D eigenvalue weighted by molar-refractivity contribution is -0.136. The Morgan fingerprint density at radius 2 is 1.73 bits per heavy atom. The zero-order chi connectivity index (χ0) is 43.7. The van der Waals surface area contributed by atoms with E-state index in [2.05, 4.69) is 27.4 Å². The van der Waals surface area contributed by atoms with Crippen molar-refractivity contribution in [2.24, 2.45) is 17.3 Å². The number of hydrogen-bond donors (Lipinski definition) is 4. The van der Waals surface area contributed by atoms with E-state index in [1.807, 2.05) is 30.3 Å². The fourth-order valence-corrected chi connectivity index (χ4v) is 11.9. The van der Waals surface area contributed by atoms with Crippen molar-refractivity contribution >= 4 is 62.3 Å². The van der Waals surface area contributed by atoms with Gasteiger partial charge in [0, 0.05) is 84.8 Å². The number of imide groups is 1. The Morgan fingerprint density at radius 3 is 2.44 bits per heavy atom. The van der Waals surface area contributed by atoms with Crippen LogP contribution in [0.3, 0.4) is 0 Å². The van der Waals surface area contributed by atoms with E-state index in [9.17, 15) is 33.1 Å². The number of anilines is 2. The molecule has 1 unspecified atom stereocenters. The molecule has 1 aromatic heterocycles. The summed E-state index contributed by atoms with van der Waals surface area (Å²) in [5.41, 5.74) is 3.28. The van der Waals surface area contributed by atoms with Crippen LogP contribution in [0.5, 0.6) is 0 Å². The number of nitrogens with one attached hydrogen (secondary N) is 3. The highest BCUT2D eigenvalue weighted by atomic mass is 32.1. The summed E-state index contributed by atoms with van der Waals surface area (Å²) in [6, 6.07) is 14.1. The number of amides is 4. The van der Waals surface area contributed by atoms with Crippen LogP contribution in [-0.4, -0.2) is 75.7 Å². The standard InChI is InChI=1S/C48H54F2N6O5S/c1-27-33-9-6-10-35(41(33)45(60)56(27)38-15-16-40(57)54-43(38)59)51-18-17-29-22-48(23-29)25-55(26-48)24-28-11-13-30(14-12-28)44-53-37-20-34(46(2,3)61)36(21-39(37)62-44)52-42(58)31-7-5-8-32(19-31)47(4,49)50/h5-10,19-21,28-30,38,51,61H,1,11-18,22-26H2,2-4H3,(H,52,58)(H,54,57,59)/t28-,30-,38?. The molecule has 3 aromatic carbocycles. The number of hydrogen-bond acceptors (Lipinski definition) is 9. The van der Waals surface area contributed by atoms with Crippen LogP contribution in [0.25, 0.3) is 15.9 Å². The first kappa shape index (κ1) is 42.3. The lowest BCUT2D eigenvalue weighted by Crippen LogP contribution is -2.63. The molecule has 4 amide bonds. The van der Waals surface area contributed by atoms with Crippen LogP contribution in [-0.2, 0) is 21.1 Å². The van der Waals surface area contributed by atoms with Crippen molar-refractivity contribution in [1.29, 1.82) is 0 Å². The van der Waals surface area contributed by atoms with E-state index in [-0.39, 0.29) is 35.8 Å². The summed E-state index contributed by atoms with van der Waals surface area (Å²) in [7, 11) is 0. The Labute approximate surface area is 364 Å². The highest BCUT2D eigenvalue weighted by Gasteiger charge is 2.52. The fourth-order valence-electron chi connectivity index (χ4n) is 10.7. The maximum absolute atomic E-state index is 14.0. The van der Waals surface area contributed by atoms with Crippen molar-refractivity contribution in [3.8, 4) is 0 Å². The van der Waals surface area contributed by atoms with Crippen LogP contribution in [0.2, 0.25) is 0 Å². The molecule has 11 nitrogen and oxygen atoms in total. The number of fused-ring (bicyclic) bond motifs is 2. The number of nitrogens with zero attached hydrogens (tertiary/aromatic N) is 3. The molecule has 0 bridgehead atoms. The van der Waals surface area contributed by atoms with E-state index in [4.69, 9.17) is 4.98 Å². The molecule has 0 radical (unpaired) electrons. The molecule has 14 heteroatoms. The zero-order valence-corrected chi connectivity index (χ0v) is 36.3. The van der Waals surface area contributed by atoms with Crippen LogP contribution >= 0.6 is 11.3 Å². The molecule has 4 fully saturated rings. The van der Waals surface area contributed by atoms with Gasteiger partial charge >= 0.3 is 0 Å². The lowest BCUT2D eigenvalue weighted by atomic mass is 9.57. The summed E-state index contributed by atoms with van der Waals surface area (Å²) in [5.74, 6) is -2.96. The van der Waals surface area contributed by atoms with E-state index < -0.39 is 29.4 Å². The normalized spacial score (nSPS) is 23.0. The highest BCUT2D eigenvalue weighted by molar-refractivity contribution is 7.18. The predicted molar refractivity (Wildman–Crippen MR) is 236 cm³/mol. The summed E-state index contributed by atoms with van der Waals surface area (Å²) in [4.78, 5) is 60.3. The van der Waals surface area contributed by atoms with Crippen LogP contribution in [0, 0.1) is 17.3 Å². The number of alkyl halides is 2. The summed E-state index contributed by atoms with van der Waals surface area (Å²) in [6.45, 7) is 12.5. The minimum Gasteiger partial charge on any atom is -0.386 e. The molecule has 62 heavy (non-hydrogen) atoms. The second-order valence-electron chi connectivity index (χ2n) is 19.1. The first-order chi connectivity index (χ1) is 29.4. The van der Waals surface area contributed by atoms with Crippen molar-refractivity contribution in [2.45, 2.75) is 102 Å². The van der Waals surface area contributed by atoms with E-state index in [1.165, 1.54) is 42.0 Å². The molecule has 5 aliphatic rings. The molecule has 1 atom stereocenters. The third-order valence-corrected chi connectivity index (χ3v) is 15.0. The van der Waals surface area contributed by atoms with Gasteiger partial charge < -0.3 is 20.6 Å². The average Bonchev–Trinajstić information content (AvgIpc) is 3.73. The molecular weight excluding hydrogens is 811 g/mol. The van der Waals surface area contributed by atoms with E-state index >= 15 is 0 Å². The summed E-state index contributed by atoms with van der Waals surface area (Å²) < 4.78 is 28.9. The van der Waals surface area contributed by atoms with Gasteiger partial charge in [-0.15, -0.1) is 11.3 Å². The molecule has 4 N–H and O–H groups in total. The van der Waals surface area contributed by atoms with Crippen LogP contribution in [0.1, 0.15) is 127 Å². The first-order valence-electron chi connectivity index (χ1n) is 21.9. The number of thiazole rings is 1. The Hall–Kier alpha value is -5.05. The summed E-state index contributed by atoms with van der Waals surface area (Å²) >= 11 is 1.62. The van der Waals surface area contributed by atoms with Gasteiger partial charge in [0.05, 0.1) is 26.4 Å². The summed E-state index contributed by atoms with van der Waals surface area (Å²) in [6.07, 6.45) is 8.40. The van der Waals surface area contributed by atoms with Crippen molar-refractivity contribution in [1.82, 2.24) is 20.1 Å². The van der Waals surface area contributed by atoms with Gasteiger partial charge in [-0.1, -0.05) is 30.8 Å². The SMILES string of the molecule is C=C1c2cccc(NCCC3CC4(C3)CN(C[C@H]3CC[C@H](c5nc6cc(C(C)(C)O)c(NC(=O)c7cccc(C(C)(F)F)c7)cc6s5)CC3)C4)c2C(=O)N1C1CCC(=O)NC1=O. The molecule has 3 aliphatic heterocycles. The van der Waals surface area contributed by atoms with Crippen molar-refractivity contribution in [3.63, 3.8) is 0 Å². The van der Waals surface area contributed by atoms with Crippen molar-refractivity contribution in [2.75, 3.05) is 36.8 Å². The van der Waals surface area contributed by atoms with Gasteiger partial charge in [-0.3, -0.25) is 29.4 Å². The molecular formula is C48H54F2N6O5S. The third kappa shape index (κ3) is 8.17. The number of rotatable bonds is 12. The van der Waals surface area contributed by atoms with Gasteiger partial charge in [-0.05, 0) is 113 Å². The predicted octanol–water partition coefficient (Wildman–Crippen LogP) is 8.61. The number of carbonyl (C=O) groups is 4. The number of aromatic nitrogens is 1. The second kappa shape index (κ2) is 15.9. The molecule has 9 rings (SSSR count). The smallest absolute Gasteiger partial charge is 0.270 e. The Balaban J connectivity index is 0.735. The molecule has 2 aliphatic carbocycles. The second-order valence-corrected chi connectivity index (χ2v) is 20.2. The molecule has 326 valence electrons. The first-order valence-corrected chi connectivity index (χ1v) is 22.7. The van der Waals surface area contributed by atoms with E-state index in [0.29, 0.717) is 45.7 Å². The van der Waals surface area contributed by atoms with Crippen LogP contribution in [0.15, 0.2) is 61.2 Å². The number of benzene rings is 3. The van der Waals surface area contributed by atoms with Crippen LogP contribution in [0.4, 0.5) is 20.2 Å². The number of likely N-dealkylation sites (tertiary alicyclic amines) is 1. The number of piperidine rings is 1. The average molecular weight is 865 g/mol. The number of halogens is 2. The van der Waals surface area contributed by atoms with Gasteiger partial charge in [0.15, 0.2) is 0 Å². The lowest BCUT2D eigenvalue weighted by Gasteiger charge is -2.60. The molecule has 4 aromatic rings. The van der Waals surface area contributed by atoms with Gasteiger partial charge in [-0.25, -0.2) is 13.8 Å². The monoisotopic (exact) mass is 864 g/mol. The van der Waals surface area contributed by atoms with Crippen molar-refractivity contribution in [3.05, 3.63) is 94.0 Å². The Kier molecular flexibility index (Phi) is 10.9. The minimum atomic E-state index is -3.08. The maximum Gasteiger partial charge on any atom is 0.270 e. The highest BCUT2D eigenvalue weighted by Crippen LogP contribution is 2.54. The Bertz CT molecular complexity index is 2470. The van der Waals surface area contributed by atoms with Gasteiger partial charge in [0.25, 0.3) is 17.7 Å². The quantitative estimate of drug-likeness (QED) is 0.104. The Morgan fingerprint density at radius 1 is 0.984 bits per heavy atom. The molecule has 2 saturated heterocycles. The zero-order valence-electron chi connectivity index (χ0n) is 35.5. The minimum absolute atomic E-state index is 0.116. The van der Waals surface area contributed by atoms with Gasteiger partial charge in [-0.2, -0.15) is 0 Å². The topological polar surface area (TPSA) is 144 Å². The maximum atomic E-state index is 14.0. The third-order valence-electron chi connectivity index (χ3n) is 13.8. The van der Waals surface area contributed by atoms with Crippen LogP contribution < -0.4 is 16.0 Å². The van der Waals surface area contributed by atoms with Gasteiger partial charge in [0.2, 0.25) is 11.8 Å². The number of aliphatic hydroxyl groups is 1. The molecule has 2 saturated carbocycles. The fraction of sp³-hybridized carbons (Fsp3) is 0.479. The van der Waals surface area contributed by atoms with Gasteiger partial charge in [0.1, 0.15) is 6.04 Å². The largest absolute Gasteiger partial charge is 0.386 e.